The molecule has 0 saturated carbocycles. The normalized spacial score (nSPS) is 16.9. The van der Waals surface area contributed by atoms with Gasteiger partial charge in [-0.3, -0.25) is 4.79 Å². The molecule has 0 bridgehead atoms. The number of hydrogen-bond acceptors (Lipinski definition) is 5. The van der Waals surface area contributed by atoms with E-state index < -0.39 is 0 Å². The Morgan fingerprint density at radius 3 is 3.00 bits per heavy atom. The maximum atomic E-state index is 14.0. The van der Waals surface area contributed by atoms with Crippen molar-refractivity contribution in [1.29, 1.82) is 0 Å². The number of rotatable bonds is 8. The van der Waals surface area contributed by atoms with E-state index in [0.717, 1.165) is 19.4 Å². The van der Waals surface area contributed by atoms with E-state index in [1.54, 1.807) is 6.07 Å². The van der Waals surface area contributed by atoms with Crippen LogP contribution >= 0.6 is 27.7 Å². The summed E-state index contributed by atoms with van der Waals surface area (Å²) in [5.41, 5.74) is 5.85. The second-order valence-electron chi connectivity index (χ2n) is 6.14. The van der Waals surface area contributed by atoms with Crippen LogP contribution < -0.4 is 5.73 Å². The number of halogens is 2. The molecule has 1 aromatic heterocycles. The molecule has 140 valence electrons. The Morgan fingerprint density at radius 2 is 2.31 bits per heavy atom. The van der Waals surface area contributed by atoms with Gasteiger partial charge in [-0.05, 0) is 30.5 Å². The van der Waals surface area contributed by atoms with Gasteiger partial charge in [-0.25, -0.2) is 4.39 Å². The molecule has 26 heavy (non-hydrogen) atoms. The van der Waals surface area contributed by atoms with Gasteiger partial charge in [0.2, 0.25) is 5.91 Å². The van der Waals surface area contributed by atoms with Gasteiger partial charge >= 0.3 is 0 Å². The van der Waals surface area contributed by atoms with E-state index in [-0.39, 0.29) is 24.2 Å². The van der Waals surface area contributed by atoms with Crippen LogP contribution in [0.4, 0.5) is 4.39 Å². The average molecular weight is 443 g/mol. The lowest BCUT2D eigenvalue weighted by Gasteiger charge is -2.14. The fourth-order valence-electron chi connectivity index (χ4n) is 2.80. The van der Waals surface area contributed by atoms with Gasteiger partial charge in [0.1, 0.15) is 11.6 Å². The molecule has 6 nitrogen and oxygen atoms in total. The quantitative estimate of drug-likeness (QED) is 0.635. The zero-order valence-electron chi connectivity index (χ0n) is 14.2. The fourth-order valence-corrected chi connectivity index (χ4v) is 4.09. The van der Waals surface area contributed by atoms with E-state index in [1.165, 1.54) is 17.8 Å². The van der Waals surface area contributed by atoms with Gasteiger partial charge in [0, 0.05) is 29.7 Å². The Hall–Kier alpha value is -1.45. The van der Waals surface area contributed by atoms with Crippen LogP contribution in [0.15, 0.2) is 27.8 Å². The van der Waals surface area contributed by atoms with E-state index in [0.29, 0.717) is 39.7 Å². The summed E-state index contributed by atoms with van der Waals surface area (Å²) in [5.74, 6) is 0.519. The number of aryl methyl sites for hydroxylation is 1. The predicted octanol–water partition coefficient (Wildman–Crippen LogP) is 3.07. The number of carbonyl (C=O) groups is 1. The van der Waals surface area contributed by atoms with Crippen LogP contribution in [-0.2, 0) is 28.2 Å². The molecular formula is C17H20BrFN4O2S. The predicted molar refractivity (Wildman–Crippen MR) is 100 cm³/mol. The Balaban J connectivity index is 1.74. The molecule has 2 heterocycles. The molecule has 3 rings (SSSR count). The number of nitrogens with zero attached hydrogens (tertiary/aromatic N) is 3. The highest BCUT2D eigenvalue weighted by Gasteiger charge is 2.21. The molecule has 2 aromatic rings. The molecule has 1 aliphatic heterocycles. The molecule has 9 heteroatoms. The Kier molecular flexibility index (Phi) is 6.66. The average Bonchev–Trinajstić information content (AvgIpc) is 3.23. The number of amides is 1. The first-order valence-electron chi connectivity index (χ1n) is 8.41. The van der Waals surface area contributed by atoms with Crippen molar-refractivity contribution in [1.82, 2.24) is 14.8 Å². The molecular weight excluding hydrogens is 423 g/mol. The maximum Gasteiger partial charge on any atom is 0.217 e. The zero-order chi connectivity index (χ0) is 18.5. The molecule has 1 unspecified atom stereocenters. The lowest BCUT2D eigenvalue weighted by Crippen LogP contribution is -2.19. The van der Waals surface area contributed by atoms with E-state index in [2.05, 4.69) is 26.1 Å². The number of benzene rings is 1. The summed E-state index contributed by atoms with van der Waals surface area (Å²) in [4.78, 5) is 11.1. The first-order valence-corrected chi connectivity index (χ1v) is 10.2. The van der Waals surface area contributed by atoms with Crippen molar-refractivity contribution >= 4 is 33.6 Å². The van der Waals surface area contributed by atoms with Gasteiger partial charge in [-0.1, -0.05) is 33.8 Å². The summed E-state index contributed by atoms with van der Waals surface area (Å²) in [6.45, 7) is 1.39. The van der Waals surface area contributed by atoms with Gasteiger partial charge in [0.25, 0.3) is 0 Å². The highest BCUT2D eigenvalue weighted by Crippen LogP contribution is 2.26. The highest BCUT2D eigenvalue weighted by atomic mass is 79.9. The second kappa shape index (κ2) is 8.96. The summed E-state index contributed by atoms with van der Waals surface area (Å²) in [7, 11) is 0. The van der Waals surface area contributed by atoms with Crippen molar-refractivity contribution in [3.63, 3.8) is 0 Å². The third-order valence-electron chi connectivity index (χ3n) is 4.17. The van der Waals surface area contributed by atoms with E-state index in [4.69, 9.17) is 10.5 Å². The fraction of sp³-hybridized carbons (Fsp3) is 0.471. The molecule has 0 aliphatic carbocycles. The second-order valence-corrected chi connectivity index (χ2v) is 7.99. The van der Waals surface area contributed by atoms with Gasteiger partial charge < -0.3 is 15.0 Å². The highest BCUT2D eigenvalue weighted by molar-refractivity contribution is 9.10. The summed E-state index contributed by atoms with van der Waals surface area (Å²) in [6, 6.07) is 5.01. The molecule has 1 saturated heterocycles. The van der Waals surface area contributed by atoms with Crippen LogP contribution in [0.5, 0.6) is 0 Å². The van der Waals surface area contributed by atoms with Crippen LogP contribution in [0.3, 0.4) is 0 Å². The largest absolute Gasteiger partial charge is 0.376 e. The minimum Gasteiger partial charge on any atom is -0.376 e. The van der Waals surface area contributed by atoms with E-state index in [9.17, 15) is 9.18 Å². The topological polar surface area (TPSA) is 83.0 Å². The van der Waals surface area contributed by atoms with Gasteiger partial charge in [-0.15, -0.1) is 10.2 Å². The number of primary amides is 1. The molecule has 2 N–H and O–H groups in total. The Morgan fingerprint density at radius 1 is 1.46 bits per heavy atom. The molecule has 1 amide bonds. The third kappa shape index (κ3) is 5.05. The van der Waals surface area contributed by atoms with E-state index >= 15 is 0 Å². The zero-order valence-corrected chi connectivity index (χ0v) is 16.6. The van der Waals surface area contributed by atoms with Crippen LogP contribution in [-0.4, -0.2) is 33.4 Å². The van der Waals surface area contributed by atoms with Crippen LogP contribution in [0.25, 0.3) is 0 Å². The van der Waals surface area contributed by atoms with Gasteiger partial charge in [-0.2, -0.15) is 0 Å². The lowest BCUT2D eigenvalue weighted by molar-refractivity contribution is -0.118. The van der Waals surface area contributed by atoms with Crippen LogP contribution in [0, 0.1) is 5.82 Å². The van der Waals surface area contributed by atoms with Crippen LogP contribution in [0.1, 0.15) is 30.7 Å². The van der Waals surface area contributed by atoms with Gasteiger partial charge in [0.05, 0.1) is 12.6 Å². The van der Waals surface area contributed by atoms with E-state index in [1.807, 2.05) is 10.6 Å². The number of carbonyl (C=O) groups excluding carboxylic acids is 1. The molecule has 0 radical (unpaired) electrons. The summed E-state index contributed by atoms with van der Waals surface area (Å²) in [6.07, 6.45) is 2.79. The molecule has 1 aromatic carbocycles. The number of ether oxygens (including phenoxy) is 1. The minimum atomic E-state index is -0.372. The monoisotopic (exact) mass is 442 g/mol. The van der Waals surface area contributed by atoms with Crippen molar-refractivity contribution in [2.45, 2.75) is 49.2 Å². The van der Waals surface area contributed by atoms with Crippen molar-refractivity contribution in [2.24, 2.45) is 5.73 Å². The summed E-state index contributed by atoms with van der Waals surface area (Å²) in [5, 5.41) is 9.14. The number of aromatic nitrogens is 3. The number of nitrogens with two attached hydrogens (primary N) is 1. The van der Waals surface area contributed by atoms with Crippen molar-refractivity contribution in [2.75, 3.05) is 6.61 Å². The van der Waals surface area contributed by atoms with Crippen molar-refractivity contribution in [3.05, 3.63) is 39.9 Å². The maximum absolute atomic E-state index is 14.0. The molecule has 1 aliphatic rings. The summed E-state index contributed by atoms with van der Waals surface area (Å²) < 4.78 is 22.4. The first-order chi connectivity index (χ1) is 12.5. The van der Waals surface area contributed by atoms with Crippen LogP contribution in [0.2, 0.25) is 0 Å². The Bertz CT molecular complexity index is 780. The Labute approximate surface area is 163 Å². The molecule has 0 spiro atoms. The third-order valence-corrected chi connectivity index (χ3v) is 5.68. The first kappa shape index (κ1) is 19.3. The SMILES string of the molecule is NC(=O)CCc1nnc(SCc2ccc(Br)cc2F)n1CC1CCCO1. The summed E-state index contributed by atoms with van der Waals surface area (Å²) >= 11 is 4.68. The lowest BCUT2D eigenvalue weighted by atomic mass is 10.2. The van der Waals surface area contributed by atoms with Gasteiger partial charge in [0.15, 0.2) is 5.16 Å². The standard InChI is InChI=1S/C17H20BrFN4O2S/c18-12-4-3-11(14(19)8-12)10-26-17-22-21-16(6-5-15(20)24)23(17)9-13-2-1-7-25-13/h3-4,8,13H,1-2,5-7,9-10H2,(H2,20,24). The smallest absolute Gasteiger partial charge is 0.217 e. The molecule has 1 atom stereocenters. The molecule has 1 fully saturated rings. The van der Waals surface area contributed by atoms with Crippen molar-refractivity contribution in [3.8, 4) is 0 Å². The number of hydrogen-bond donors (Lipinski definition) is 1. The number of thioether (sulfide) groups is 1. The minimum absolute atomic E-state index is 0.113. The van der Waals surface area contributed by atoms with Crippen molar-refractivity contribution < 1.29 is 13.9 Å².